The summed E-state index contributed by atoms with van der Waals surface area (Å²) in [7, 11) is 0. The molecule has 1 heterocycles. The van der Waals surface area contributed by atoms with Gasteiger partial charge in [-0.2, -0.15) is 0 Å². The van der Waals surface area contributed by atoms with Crippen LogP contribution in [0.3, 0.4) is 0 Å². The molecule has 1 aromatic heterocycles. The molecule has 6 nitrogen and oxygen atoms in total. The minimum Gasteiger partial charge on any atom is -0.504 e. The van der Waals surface area contributed by atoms with Gasteiger partial charge in [-0.3, -0.25) is 4.79 Å². The number of hydrogen-bond donors (Lipinski definition) is 4. The molecule has 0 aliphatic heterocycles. The first-order valence-corrected chi connectivity index (χ1v) is 4.42. The van der Waals surface area contributed by atoms with Gasteiger partial charge < -0.3 is 20.2 Å². The van der Waals surface area contributed by atoms with Gasteiger partial charge in [0, 0.05) is 11.8 Å². The minimum absolute atomic E-state index is 0.0927. The van der Waals surface area contributed by atoms with E-state index in [-0.39, 0.29) is 22.8 Å². The maximum Gasteiger partial charge on any atom is 0.323 e. The van der Waals surface area contributed by atoms with Crippen LogP contribution in [0.1, 0.15) is 16.1 Å². The molecular weight excluding hydrogens is 212 g/mol. The highest BCUT2D eigenvalue weighted by Crippen LogP contribution is 2.25. The Bertz CT molecular complexity index is 597. The fraction of sp³-hybridized carbons (Fsp3) is 0. The Morgan fingerprint density at radius 3 is 2.50 bits per heavy atom. The van der Waals surface area contributed by atoms with E-state index in [2.05, 4.69) is 9.97 Å². The van der Waals surface area contributed by atoms with E-state index >= 15 is 0 Å². The molecule has 0 aliphatic rings. The Hall–Kier alpha value is -2.50. The summed E-state index contributed by atoms with van der Waals surface area (Å²) in [6.07, 6.45) is 1.24. The number of benzene rings is 1. The lowest BCUT2D eigenvalue weighted by molar-refractivity contribution is 0.103. The van der Waals surface area contributed by atoms with Gasteiger partial charge >= 0.3 is 5.69 Å². The molecular formula is C10H8N2O4. The quantitative estimate of drug-likeness (QED) is 0.432. The van der Waals surface area contributed by atoms with Crippen LogP contribution in [0, 0.1) is 0 Å². The van der Waals surface area contributed by atoms with Gasteiger partial charge in [-0.05, 0) is 18.2 Å². The second kappa shape index (κ2) is 3.58. The molecule has 0 bridgehead atoms. The van der Waals surface area contributed by atoms with Crippen LogP contribution in [0.4, 0.5) is 0 Å². The first-order valence-electron chi connectivity index (χ1n) is 4.42. The number of aromatic amines is 2. The summed E-state index contributed by atoms with van der Waals surface area (Å²) in [6.45, 7) is 0. The number of aromatic hydroxyl groups is 2. The molecule has 0 saturated carbocycles. The molecule has 0 radical (unpaired) electrons. The van der Waals surface area contributed by atoms with Crippen molar-refractivity contribution in [1.29, 1.82) is 0 Å². The monoisotopic (exact) mass is 220 g/mol. The Morgan fingerprint density at radius 1 is 1.19 bits per heavy atom. The number of nitrogens with one attached hydrogen (secondary N) is 2. The predicted molar refractivity (Wildman–Crippen MR) is 54.6 cm³/mol. The van der Waals surface area contributed by atoms with Gasteiger partial charge in [-0.1, -0.05) is 0 Å². The van der Waals surface area contributed by atoms with Crippen LogP contribution >= 0.6 is 0 Å². The molecule has 2 aromatic rings. The van der Waals surface area contributed by atoms with E-state index < -0.39 is 11.5 Å². The third-order valence-electron chi connectivity index (χ3n) is 2.08. The van der Waals surface area contributed by atoms with Gasteiger partial charge in [0.05, 0.1) is 0 Å². The van der Waals surface area contributed by atoms with Crippen molar-refractivity contribution in [2.24, 2.45) is 0 Å². The molecule has 2 rings (SSSR count). The van der Waals surface area contributed by atoms with Gasteiger partial charge in [0.15, 0.2) is 11.5 Å². The number of phenolic OH excluding ortho intramolecular Hbond substituents is 2. The summed E-state index contributed by atoms with van der Waals surface area (Å²) >= 11 is 0. The van der Waals surface area contributed by atoms with Gasteiger partial charge in [0.2, 0.25) is 5.78 Å². The Labute approximate surface area is 89.2 Å². The van der Waals surface area contributed by atoms with E-state index in [1.165, 1.54) is 18.3 Å². The number of hydrogen-bond acceptors (Lipinski definition) is 4. The van der Waals surface area contributed by atoms with Crippen molar-refractivity contribution < 1.29 is 15.0 Å². The molecule has 1 aromatic carbocycles. The lowest BCUT2D eigenvalue weighted by Gasteiger charge is -2.00. The van der Waals surface area contributed by atoms with E-state index in [1.54, 1.807) is 0 Å². The molecule has 0 atom stereocenters. The molecule has 0 amide bonds. The first kappa shape index (κ1) is 10.0. The highest BCUT2D eigenvalue weighted by Gasteiger charge is 2.12. The average Bonchev–Trinajstić information content (AvgIpc) is 2.68. The largest absolute Gasteiger partial charge is 0.504 e. The highest BCUT2D eigenvalue weighted by molar-refractivity contribution is 6.07. The Morgan fingerprint density at radius 2 is 1.94 bits per heavy atom. The van der Waals surface area contributed by atoms with Crippen molar-refractivity contribution in [2.75, 3.05) is 0 Å². The van der Waals surface area contributed by atoms with Crippen molar-refractivity contribution in [3.05, 3.63) is 46.1 Å². The van der Waals surface area contributed by atoms with E-state index in [4.69, 9.17) is 5.11 Å². The van der Waals surface area contributed by atoms with E-state index in [0.29, 0.717) is 0 Å². The Balaban J connectivity index is 2.41. The summed E-state index contributed by atoms with van der Waals surface area (Å²) in [5.74, 6) is -1.14. The van der Waals surface area contributed by atoms with Crippen LogP contribution in [-0.2, 0) is 0 Å². The van der Waals surface area contributed by atoms with Crippen molar-refractivity contribution in [3.63, 3.8) is 0 Å². The van der Waals surface area contributed by atoms with Crippen molar-refractivity contribution >= 4 is 5.78 Å². The van der Waals surface area contributed by atoms with Crippen LogP contribution < -0.4 is 5.69 Å². The zero-order valence-electron chi connectivity index (χ0n) is 8.02. The summed E-state index contributed by atoms with van der Waals surface area (Å²) in [4.78, 5) is 27.1. The molecule has 16 heavy (non-hydrogen) atoms. The fourth-order valence-corrected chi connectivity index (χ4v) is 1.27. The number of ketones is 1. The lowest BCUT2D eigenvalue weighted by atomic mass is 10.1. The molecule has 0 saturated heterocycles. The smallest absolute Gasteiger partial charge is 0.323 e. The number of carbonyl (C=O) groups excluding carboxylic acids is 1. The van der Waals surface area contributed by atoms with Crippen molar-refractivity contribution in [3.8, 4) is 11.5 Å². The molecule has 0 aliphatic carbocycles. The van der Waals surface area contributed by atoms with Crippen LogP contribution in [0.2, 0.25) is 0 Å². The standard InChI is InChI=1S/C10H8N2O4/c13-7-2-1-5(3-8(7)14)9(15)6-4-11-10(16)12-6/h1-4,13-14H,(H2,11,12,16). The molecule has 4 N–H and O–H groups in total. The van der Waals surface area contributed by atoms with Crippen molar-refractivity contribution in [2.45, 2.75) is 0 Å². The highest BCUT2D eigenvalue weighted by atomic mass is 16.3. The number of imidazole rings is 1. The average molecular weight is 220 g/mol. The second-order valence-electron chi connectivity index (χ2n) is 3.19. The zero-order valence-corrected chi connectivity index (χ0v) is 8.02. The lowest BCUT2D eigenvalue weighted by Crippen LogP contribution is -2.06. The van der Waals surface area contributed by atoms with Crippen LogP contribution in [0.15, 0.2) is 29.2 Å². The number of aromatic nitrogens is 2. The van der Waals surface area contributed by atoms with E-state index in [9.17, 15) is 14.7 Å². The topological polar surface area (TPSA) is 106 Å². The van der Waals surface area contributed by atoms with Gasteiger partial charge in [0.1, 0.15) is 5.69 Å². The number of phenols is 2. The summed E-state index contributed by atoms with van der Waals surface area (Å²) in [6, 6.07) is 3.68. The zero-order chi connectivity index (χ0) is 11.7. The molecule has 0 fully saturated rings. The van der Waals surface area contributed by atoms with Crippen LogP contribution in [-0.4, -0.2) is 26.0 Å². The minimum atomic E-state index is -0.480. The maximum absolute atomic E-state index is 11.7. The van der Waals surface area contributed by atoms with Crippen LogP contribution in [0.25, 0.3) is 0 Å². The SMILES string of the molecule is O=C(c1ccc(O)c(O)c1)c1c[nH]c(=O)[nH]1. The summed E-state index contributed by atoms with van der Waals surface area (Å²) < 4.78 is 0. The van der Waals surface area contributed by atoms with Crippen molar-refractivity contribution in [1.82, 2.24) is 9.97 Å². The van der Waals surface area contributed by atoms with E-state index in [1.807, 2.05) is 0 Å². The third kappa shape index (κ3) is 1.68. The van der Waals surface area contributed by atoms with E-state index in [0.717, 1.165) is 6.07 Å². The fourth-order valence-electron chi connectivity index (χ4n) is 1.27. The molecule has 6 heteroatoms. The normalized spacial score (nSPS) is 10.2. The summed E-state index contributed by atoms with van der Waals surface area (Å²) in [5, 5.41) is 18.3. The predicted octanol–water partition coefficient (Wildman–Crippen LogP) is 0.345. The Kier molecular flexibility index (Phi) is 2.24. The molecule has 82 valence electrons. The molecule has 0 unspecified atom stereocenters. The van der Waals surface area contributed by atoms with Gasteiger partial charge in [-0.15, -0.1) is 0 Å². The summed E-state index contributed by atoms with van der Waals surface area (Å²) in [5.41, 5.74) is -0.216. The number of rotatable bonds is 2. The maximum atomic E-state index is 11.7. The number of carbonyl (C=O) groups is 1. The van der Waals surface area contributed by atoms with Crippen LogP contribution in [0.5, 0.6) is 11.5 Å². The number of H-pyrrole nitrogens is 2. The molecule has 0 spiro atoms. The van der Waals surface area contributed by atoms with Gasteiger partial charge in [0.25, 0.3) is 0 Å². The first-order chi connectivity index (χ1) is 7.58. The second-order valence-corrected chi connectivity index (χ2v) is 3.19. The third-order valence-corrected chi connectivity index (χ3v) is 2.08. The van der Waals surface area contributed by atoms with Gasteiger partial charge in [-0.25, -0.2) is 4.79 Å².